The topological polar surface area (TPSA) is 104 Å². The van der Waals surface area contributed by atoms with E-state index >= 15 is 0 Å². The number of H-pyrrole nitrogens is 1. The summed E-state index contributed by atoms with van der Waals surface area (Å²) in [6.45, 7) is 4.82. The van der Waals surface area contributed by atoms with Crippen LogP contribution in [0.25, 0.3) is 0 Å². The van der Waals surface area contributed by atoms with Gasteiger partial charge in [0, 0.05) is 36.7 Å². The quantitative estimate of drug-likeness (QED) is 0.703. The maximum absolute atomic E-state index is 10.9. The molecule has 1 unspecified atom stereocenters. The molecular weight excluding hydrogens is 380 g/mol. The molecule has 0 bridgehead atoms. The van der Waals surface area contributed by atoms with Crippen LogP contribution in [0.4, 0.5) is 11.9 Å². The smallest absolute Gasteiger partial charge is 0.246 e. The van der Waals surface area contributed by atoms with Crippen molar-refractivity contribution >= 4 is 23.5 Å². The fraction of sp³-hybridized carbons (Fsp3) is 0.579. The molecule has 0 radical (unpaired) electrons. The van der Waals surface area contributed by atoms with E-state index in [0.29, 0.717) is 19.1 Å². The van der Waals surface area contributed by atoms with Crippen molar-refractivity contribution in [2.45, 2.75) is 44.1 Å². The van der Waals surface area contributed by atoms with E-state index in [1.165, 1.54) is 5.56 Å². The second-order valence-electron chi connectivity index (χ2n) is 7.72. The first-order valence-electron chi connectivity index (χ1n) is 9.72. The van der Waals surface area contributed by atoms with Crippen molar-refractivity contribution in [1.82, 2.24) is 20.1 Å². The monoisotopic (exact) mass is 406 g/mol. The van der Waals surface area contributed by atoms with Gasteiger partial charge in [0.15, 0.2) is 0 Å². The van der Waals surface area contributed by atoms with Gasteiger partial charge in [0.25, 0.3) is 0 Å². The number of nitrogens with one attached hydrogen (secondary N) is 1. The minimum atomic E-state index is -0.494. The molecule has 9 heteroatoms. The van der Waals surface area contributed by atoms with Crippen LogP contribution in [-0.2, 0) is 11.2 Å². The Morgan fingerprint density at radius 3 is 2.79 bits per heavy atom. The van der Waals surface area contributed by atoms with Crippen LogP contribution >= 0.6 is 11.6 Å². The van der Waals surface area contributed by atoms with Gasteiger partial charge in [-0.05, 0) is 37.5 Å². The maximum Gasteiger partial charge on any atom is 0.246 e. The molecule has 8 nitrogen and oxygen atoms in total. The Hall–Kier alpha value is -1.87. The summed E-state index contributed by atoms with van der Waals surface area (Å²) >= 11 is 6.02. The van der Waals surface area contributed by atoms with Gasteiger partial charge >= 0.3 is 0 Å². The number of aliphatic hydroxyl groups is 1. The number of rotatable bonds is 4. The molecule has 152 valence electrons. The van der Waals surface area contributed by atoms with Crippen LogP contribution in [0.15, 0.2) is 24.3 Å². The average Bonchev–Trinajstić information content (AvgIpc) is 3.11. The summed E-state index contributed by atoms with van der Waals surface area (Å²) in [4.78, 5) is 8.58. The van der Waals surface area contributed by atoms with Gasteiger partial charge in [0.05, 0.1) is 18.8 Å². The summed E-state index contributed by atoms with van der Waals surface area (Å²) in [7, 11) is 0. The number of morpholine rings is 1. The van der Waals surface area contributed by atoms with Crippen LogP contribution < -0.4 is 10.6 Å². The maximum atomic E-state index is 10.9. The normalized spacial score (nSPS) is 29.2. The number of ether oxygens (including phenoxy) is 1. The molecule has 2 aromatic rings. The van der Waals surface area contributed by atoms with Crippen molar-refractivity contribution in [3.63, 3.8) is 0 Å². The summed E-state index contributed by atoms with van der Waals surface area (Å²) in [5, 5.41) is 18.4. The highest BCUT2D eigenvalue weighted by molar-refractivity contribution is 6.30. The number of aliphatic hydroxyl groups excluding tert-OH is 1. The van der Waals surface area contributed by atoms with Gasteiger partial charge in [0.1, 0.15) is 0 Å². The van der Waals surface area contributed by atoms with E-state index < -0.39 is 6.10 Å². The predicted molar refractivity (Wildman–Crippen MR) is 108 cm³/mol. The number of nitrogen functional groups attached to an aromatic ring is 1. The van der Waals surface area contributed by atoms with E-state index in [1.54, 1.807) is 0 Å². The van der Waals surface area contributed by atoms with Gasteiger partial charge in [-0.25, -0.2) is 5.10 Å². The second-order valence-corrected chi connectivity index (χ2v) is 8.15. The fourth-order valence-electron chi connectivity index (χ4n) is 4.24. The lowest BCUT2D eigenvalue weighted by atomic mass is 9.94. The average molecular weight is 407 g/mol. The van der Waals surface area contributed by atoms with E-state index in [4.69, 9.17) is 22.1 Å². The lowest BCUT2D eigenvalue weighted by Gasteiger charge is -2.48. The molecule has 0 spiro atoms. The van der Waals surface area contributed by atoms with Gasteiger partial charge in [0.2, 0.25) is 11.9 Å². The van der Waals surface area contributed by atoms with Gasteiger partial charge in [-0.2, -0.15) is 4.98 Å². The predicted octanol–water partition coefficient (Wildman–Crippen LogP) is 1.31. The largest absolute Gasteiger partial charge is 0.390 e. The zero-order valence-corrected chi connectivity index (χ0v) is 16.7. The first-order valence-corrected chi connectivity index (χ1v) is 10.1. The van der Waals surface area contributed by atoms with Crippen molar-refractivity contribution in [2.75, 3.05) is 36.9 Å². The molecule has 4 rings (SSSR count). The molecule has 0 amide bonds. The Morgan fingerprint density at radius 2 is 2.11 bits per heavy atom. The second kappa shape index (κ2) is 8.24. The SMILES string of the molecule is C[C@H]1CN(C2CCN(c3n[nH]c(N)n3)C[C@H]2O)[C@@H](Cc2ccc(Cl)cc2)CO1. The molecule has 2 fully saturated rings. The Balaban J connectivity index is 1.46. The van der Waals surface area contributed by atoms with Gasteiger partial charge in [-0.3, -0.25) is 4.90 Å². The first-order chi connectivity index (χ1) is 13.5. The molecule has 2 saturated heterocycles. The molecule has 28 heavy (non-hydrogen) atoms. The number of nitrogens with two attached hydrogens (primary N) is 1. The van der Waals surface area contributed by atoms with E-state index in [2.05, 4.69) is 39.1 Å². The molecule has 2 aliphatic heterocycles. The number of aromatic amines is 1. The Kier molecular flexibility index (Phi) is 5.73. The molecular formula is C19H27ClN6O2. The number of hydrogen-bond acceptors (Lipinski definition) is 7. The molecule has 3 heterocycles. The third kappa shape index (κ3) is 4.25. The Labute approximate surface area is 169 Å². The summed E-state index contributed by atoms with van der Waals surface area (Å²) < 4.78 is 5.94. The van der Waals surface area contributed by atoms with E-state index in [0.717, 1.165) is 31.0 Å². The standard InChI is InChI=1S/C19H27ClN6O2/c1-12-9-26(15(11-28-12)8-13-2-4-14(20)5-3-13)16-6-7-25(10-17(16)27)19-22-18(21)23-24-19/h2-5,12,15-17,27H,6-11H2,1H3,(H3,21,22,23,24)/t12-,15-,16?,17+/m0/s1. The van der Waals surface area contributed by atoms with Gasteiger partial charge < -0.3 is 20.5 Å². The van der Waals surface area contributed by atoms with E-state index in [-0.39, 0.29) is 24.1 Å². The lowest BCUT2D eigenvalue weighted by Crippen LogP contribution is -2.61. The van der Waals surface area contributed by atoms with Crippen molar-refractivity contribution in [3.05, 3.63) is 34.9 Å². The number of aromatic nitrogens is 3. The third-order valence-corrected chi connectivity index (χ3v) is 5.89. The third-order valence-electron chi connectivity index (χ3n) is 5.64. The minimum absolute atomic E-state index is 0.0798. The minimum Gasteiger partial charge on any atom is -0.390 e. The highest BCUT2D eigenvalue weighted by atomic mass is 35.5. The number of piperidine rings is 1. The zero-order valence-electron chi connectivity index (χ0n) is 16.0. The molecule has 1 aromatic carbocycles. The number of halogens is 1. The highest BCUT2D eigenvalue weighted by Crippen LogP contribution is 2.27. The fourth-order valence-corrected chi connectivity index (χ4v) is 4.36. The molecule has 1 aromatic heterocycles. The van der Waals surface area contributed by atoms with Gasteiger partial charge in [-0.15, -0.1) is 5.10 Å². The Bertz CT molecular complexity index is 785. The number of nitrogens with zero attached hydrogens (tertiary/aromatic N) is 4. The summed E-state index contributed by atoms with van der Waals surface area (Å²) in [6, 6.07) is 8.27. The van der Waals surface area contributed by atoms with Crippen LogP contribution in [0.2, 0.25) is 5.02 Å². The molecule has 4 atom stereocenters. The molecule has 2 aliphatic rings. The van der Waals surface area contributed by atoms with Crippen LogP contribution in [0.1, 0.15) is 18.9 Å². The number of benzene rings is 1. The van der Waals surface area contributed by atoms with Crippen molar-refractivity contribution in [2.24, 2.45) is 0 Å². The van der Waals surface area contributed by atoms with Crippen LogP contribution in [0.3, 0.4) is 0 Å². The summed E-state index contributed by atoms with van der Waals surface area (Å²) in [6.07, 6.45) is 1.36. The van der Waals surface area contributed by atoms with Crippen molar-refractivity contribution in [1.29, 1.82) is 0 Å². The number of β-amino-alcohol motifs (C(OH)–C–C–N with tert-alkyl or cyclic N) is 1. The van der Waals surface area contributed by atoms with Crippen LogP contribution in [-0.4, -0.2) is 75.7 Å². The number of hydrogen-bond donors (Lipinski definition) is 3. The zero-order chi connectivity index (χ0) is 19.7. The van der Waals surface area contributed by atoms with Crippen LogP contribution in [0.5, 0.6) is 0 Å². The Morgan fingerprint density at radius 1 is 1.32 bits per heavy atom. The molecule has 0 aliphatic carbocycles. The van der Waals surface area contributed by atoms with Crippen molar-refractivity contribution < 1.29 is 9.84 Å². The van der Waals surface area contributed by atoms with Crippen LogP contribution in [0, 0.1) is 0 Å². The first kappa shape index (κ1) is 19.4. The highest BCUT2D eigenvalue weighted by Gasteiger charge is 2.39. The number of anilines is 2. The summed E-state index contributed by atoms with van der Waals surface area (Å²) in [5.74, 6) is 0.833. The lowest BCUT2D eigenvalue weighted by molar-refractivity contribution is -0.0950. The van der Waals surface area contributed by atoms with E-state index in [1.807, 2.05) is 17.0 Å². The van der Waals surface area contributed by atoms with E-state index in [9.17, 15) is 5.11 Å². The van der Waals surface area contributed by atoms with Crippen molar-refractivity contribution in [3.8, 4) is 0 Å². The molecule has 4 N–H and O–H groups in total. The summed E-state index contributed by atoms with van der Waals surface area (Å²) in [5.41, 5.74) is 6.85. The molecule has 0 saturated carbocycles. The van der Waals surface area contributed by atoms with Gasteiger partial charge in [-0.1, -0.05) is 23.7 Å².